The summed E-state index contributed by atoms with van der Waals surface area (Å²) in [6.45, 7) is 4.10. The van der Waals surface area contributed by atoms with Crippen molar-refractivity contribution >= 4 is 52.3 Å². The normalized spacial score (nSPS) is 10.9. The molecule has 8 nitrogen and oxygen atoms in total. The van der Waals surface area contributed by atoms with Crippen LogP contribution < -0.4 is 10.1 Å². The first-order valence-electron chi connectivity index (χ1n) is 11.8. The Balaban J connectivity index is 1.52. The number of hydrogen-bond acceptors (Lipinski definition) is 6. The highest BCUT2D eigenvalue weighted by molar-refractivity contribution is 6.34. The van der Waals surface area contributed by atoms with Gasteiger partial charge in [-0.15, -0.1) is 16.5 Å². The molecule has 1 N–H and O–H groups in total. The zero-order valence-electron chi connectivity index (χ0n) is 20.8. The molecule has 0 atom stereocenters. The minimum atomic E-state index is -0.911. The van der Waals surface area contributed by atoms with Crippen molar-refractivity contribution in [3.8, 4) is 17.0 Å². The van der Waals surface area contributed by atoms with Crippen LogP contribution >= 0.6 is 34.8 Å². The van der Waals surface area contributed by atoms with Crippen molar-refractivity contribution in [2.24, 2.45) is 5.18 Å². The quantitative estimate of drug-likeness (QED) is 0.156. The van der Waals surface area contributed by atoms with Crippen LogP contribution in [-0.4, -0.2) is 17.0 Å². The number of aromatic nitrogens is 1. The van der Waals surface area contributed by atoms with E-state index in [1.807, 2.05) is 26.0 Å². The molecule has 0 saturated heterocycles. The van der Waals surface area contributed by atoms with Crippen molar-refractivity contribution in [3.63, 3.8) is 0 Å². The number of nitroso groups, excluding NO2 is 1. The molecular formula is C28H22Cl3N3O5. The number of halogens is 3. The second-order valence-corrected chi connectivity index (χ2v) is 9.88. The van der Waals surface area contributed by atoms with Crippen LogP contribution in [-0.2, 0) is 12.5 Å². The summed E-state index contributed by atoms with van der Waals surface area (Å²) in [5.41, 5.74) is 3.53. The SMILES string of the molecule is CC(C)c1onc(-c2c(Cl)cccc2CCl)c1COc1ccc(NC(=O)c2ccc(C(=O)N=O)cc2)c(Cl)c1. The monoisotopic (exact) mass is 585 g/mol. The molecule has 4 aromatic rings. The van der Waals surface area contributed by atoms with Crippen LogP contribution in [0.25, 0.3) is 11.3 Å². The molecule has 0 aliphatic rings. The summed E-state index contributed by atoms with van der Waals surface area (Å²) in [5, 5.41) is 10.1. The lowest BCUT2D eigenvalue weighted by Gasteiger charge is -2.13. The van der Waals surface area contributed by atoms with Gasteiger partial charge in [0.15, 0.2) is 0 Å². The van der Waals surface area contributed by atoms with Gasteiger partial charge in [0.25, 0.3) is 5.91 Å². The molecule has 0 saturated carbocycles. The lowest BCUT2D eigenvalue weighted by Crippen LogP contribution is -2.12. The summed E-state index contributed by atoms with van der Waals surface area (Å²) in [6.07, 6.45) is 0. The van der Waals surface area contributed by atoms with Gasteiger partial charge in [0.05, 0.1) is 21.3 Å². The van der Waals surface area contributed by atoms with Crippen molar-refractivity contribution in [2.75, 3.05) is 5.32 Å². The standard InChI is InChI=1S/C28H22Cl3N3O5/c1-15(2)26-20(25(34-39-26)24-18(13-29)4-3-5-21(24)30)14-38-19-10-11-23(22(31)12-19)32-27(35)16-6-8-17(9-7-16)28(36)33-37/h3-12,15H,13-14H2,1-2H3,(H,32,35). The Morgan fingerprint density at radius 2 is 1.74 bits per heavy atom. The fraction of sp³-hybridized carbons (Fsp3) is 0.179. The Bertz CT molecular complexity index is 1530. The number of hydrogen-bond donors (Lipinski definition) is 1. The maximum atomic E-state index is 12.6. The van der Waals surface area contributed by atoms with E-state index < -0.39 is 11.8 Å². The zero-order valence-corrected chi connectivity index (χ0v) is 23.1. The van der Waals surface area contributed by atoms with Crippen molar-refractivity contribution in [1.29, 1.82) is 0 Å². The second kappa shape index (κ2) is 12.4. The number of nitrogens with one attached hydrogen (secondary N) is 1. The van der Waals surface area contributed by atoms with Crippen LogP contribution in [0.4, 0.5) is 5.69 Å². The van der Waals surface area contributed by atoms with Crippen molar-refractivity contribution in [1.82, 2.24) is 5.16 Å². The number of nitrogens with zero attached hydrogens (tertiary/aromatic N) is 2. The van der Waals surface area contributed by atoms with Crippen LogP contribution in [0.5, 0.6) is 5.75 Å². The third-order valence-electron chi connectivity index (χ3n) is 5.87. The van der Waals surface area contributed by atoms with Gasteiger partial charge in [-0.25, -0.2) is 0 Å². The van der Waals surface area contributed by atoms with E-state index in [4.69, 9.17) is 44.1 Å². The molecule has 1 heterocycles. The van der Waals surface area contributed by atoms with E-state index in [9.17, 15) is 14.5 Å². The number of carbonyl (C=O) groups excluding carboxylic acids is 2. The average molecular weight is 587 g/mol. The van der Waals surface area contributed by atoms with Gasteiger partial charge in [-0.05, 0) is 48.0 Å². The highest BCUT2D eigenvalue weighted by Crippen LogP contribution is 2.38. The van der Waals surface area contributed by atoms with E-state index in [0.29, 0.717) is 33.5 Å². The highest BCUT2D eigenvalue weighted by Gasteiger charge is 2.24. The fourth-order valence-corrected chi connectivity index (χ4v) is 4.63. The van der Waals surface area contributed by atoms with E-state index in [0.717, 1.165) is 11.1 Å². The minimum Gasteiger partial charge on any atom is -0.489 e. The molecule has 3 aromatic carbocycles. The number of amides is 2. The minimum absolute atomic E-state index is 0.0369. The number of ether oxygens (including phenoxy) is 1. The van der Waals surface area contributed by atoms with Crippen LogP contribution in [0.3, 0.4) is 0 Å². The molecule has 0 bridgehead atoms. The maximum absolute atomic E-state index is 12.6. The van der Waals surface area contributed by atoms with Crippen LogP contribution in [0, 0.1) is 4.91 Å². The van der Waals surface area contributed by atoms with E-state index in [-0.39, 0.29) is 34.6 Å². The molecule has 0 fully saturated rings. The third-order valence-corrected chi connectivity index (χ3v) is 6.79. The van der Waals surface area contributed by atoms with E-state index >= 15 is 0 Å². The molecular weight excluding hydrogens is 565 g/mol. The first-order valence-corrected chi connectivity index (χ1v) is 13.1. The predicted octanol–water partition coefficient (Wildman–Crippen LogP) is 8.25. The van der Waals surface area contributed by atoms with Gasteiger partial charge in [0, 0.05) is 39.7 Å². The highest BCUT2D eigenvalue weighted by atomic mass is 35.5. The Kier molecular flexibility index (Phi) is 9.01. The molecule has 0 spiro atoms. The first kappa shape index (κ1) is 28.3. The fourth-order valence-electron chi connectivity index (χ4n) is 3.91. The van der Waals surface area contributed by atoms with Crippen LogP contribution in [0.15, 0.2) is 70.4 Å². The molecule has 39 heavy (non-hydrogen) atoms. The number of benzene rings is 3. The second-order valence-electron chi connectivity index (χ2n) is 8.79. The Morgan fingerprint density at radius 3 is 2.38 bits per heavy atom. The van der Waals surface area contributed by atoms with E-state index in [1.54, 1.807) is 24.3 Å². The van der Waals surface area contributed by atoms with Gasteiger partial charge < -0.3 is 14.6 Å². The zero-order chi connectivity index (χ0) is 28.1. The lowest BCUT2D eigenvalue weighted by atomic mass is 9.98. The number of anilines is 1. The van der Waals surface area contributed by atoms with Gasteiger partial charge in [-0.3, -0.25) is 9.59 Å². The van der Waals surface area contributed by atoms with Crippen molar-refractivity contribution in [3.05, 3.63) is 104 Å². The van der Waals surface area contributed by atoms with E-state index in [1.165, 1.54) is 24.3 Å². The average Bonchev–Trinajstić information content (AvgIpc) is 3.36. The van der Waals surface area contributed by atoms with Crippen LogP contribution in [0.2, 0.25) is 10.0 Å². The van der Waals surface area contributed by atoms with Crippen molar-refractivity contribution in [2.45, 2.75) is 32.3 Å². The summed E-state index contributed by atoms with van der Waals surface area (Å²) >= 11 is 19.1. The molecule has 0 aliphatic heterocycles. The van der Waals surface area contributed by atoms with Crippen molar-refractivity contribution < 1.29 is 18.8 Å². The Hall–Kier alpha value is -3.72. The lowest BCUT2D eigenvalue weighted by molar-refractivity contribution is 0.0995. The molecule has 1 aromatic heterocycles. The molecule has 200 valence electrons. The molecule has 0 unspecified atom stereocenters. The largest absolute Gasteiger partial charge is 0.489 e. The molecule has 0 radical (unpaired) electrons. The first-order chi connectivity index (χ1) is 18.7. The summed E-state index contributed by atoms with van der Waals surface area (Å²) in [7, 11) is 0. The summed E-state index contributed by atoms with van der Waals surface area (Å²) in [5.74, 6) is 0.0498. The predicted molar refractivity (Wildman–Crippen MR) is 151 cm³/mol. The topological polar surface area (TPSA) is 111 Å². The number of rotatable bonds is 9. The van der Waals surface area contributed by atoms with E-state index in [2.05, 4.69) is 15.7 Å². The van der Waals surface area contributed by atoms with Gasteiger partial charge >= 0.3 is 5.91 Å². The summed E-state index contributed by atoms with van der Waals surface area (Å²) < 4.78 is 11.7. The van der Waals surface area contributed by atoms with Gasteiger partial charge in [0.2, 0.25) is 0 Å². The number of carbonyl (C=O) groups is 2. The molecule has 4 rings (SSSR count). The third kappa shape index (κ3) is 6.30. The van der Waals surface area contributed by atoms with Gasteiger partial charge in [0.1, 0.15) is 23.8 Å². The van der Waals surface area contributed by atoms with Crippen LogP contribution in [0.1, 0.15) is 57.4 Å². The molecule has 2 amide bonds. The summed E-state index contributed by atoms with van der Waals surface area (Å²) in [4.78, 5) is 34.4. The number of alkyl halides is 1. The maximum Gasteiger partial charge on any atom is 0.316 e. The van der Waals surface area contributed by atoms with Gasteiger partial charge in [-0.2, -0.15) is 0 Å². The Morgan fingerprint density at radius 1 is 1.03 bits per heavy atom. The van der Waals surface area contributed by atoms with Gasteiger partial charge in [-0.1, -0.05) is 54.3 Å². The smallest absolute Gasteiger partial charge is 0.316 e. The molecule has 11 heteroatoms. The summed E-state index contributed by atoms with van der Waals surface area (Å²) in [6, 6.07) is 15.9. The molecule has 0 aliphatic carbocycles. The Labute approximate surface area is 239 Å².